The van der Waals surface area contributed by atoms with Crippen molar-refractivity contribution in [2.45, 2.75) is 12.9 Å². The van der Waals surface area contributed by atoms with Gasteiger partial charge in [0.2, 0.25) is 0 Å². The molecule has 0 unspecified atom stereocenters. The quantitative estimate of drug-likeness (QED) is 0.720. The zero-order valence-electron chi connectivity index (χ0n) is 8.32. The van der Waals surface area contributed by atoms with Gasteiger partial charge in [-0.3, -0.25) is 0 Å². The molecular formula is C10H14BNO2. The number of carbonyl (C=O) groups excluding carboxylic acids is 1. The van der Waals surface area contributed by atoms with Gasteiger partial charge in [-0.25, -0.2) is 4.79 Å². The number of hydrogen-bond acceptors (Lipinski definition) is 2. The predicted octanol–water partition coefficient (Wildman–Crippen LogP) is 0.964. The van der Waals surface area contributed by atoms with E-state index in [1.54, 1.807) is 0 Å². The third-order valence-corrected chi connectivity index (χ3v) is 1.73. The summed E-state index contributed by atoms with van der Waals surface area (Å²) in [5.41, 5.74) is 0.999. The molecule has 1 rings (SSSR count). The van der Waals surface area contributed by atoms with Crippen LogP contribution in [0, 0.1) is 0 Å². The van der Waals surface area contributed by atoms with Crippen LogP contribution in [0.3, 0.4) is 0 Å². The lowest BCUT2D eigenvalue weighted by molar-refractivity contribution is 0.140. The highest BCUT2D eigenvalue weighted by Crippen LogP contribution is 2.00. The topological polar surface area (TPSA) is 38.3 Å². The fraction of sp³-hybridized carbons (Fsp3) is 0.300. The number of alkyl carbamates (subject to hydrolysis) is 1. The lowest BCUT2D eigenvalue weighted by Gasteiger charge is -2.05. The second-order valence-corrected chi connectivity index (χ2v) is 2.99. The van der Waals surface area contributed by atoms with E-state index < -0.39 is 0 Å². The van der Waals surface area contributed by atoms with Crippen molar-refractivity contribution in [2.75, 3.05) is 6.54 Å². The van der Waals surface area contributed by atoms with Crippen molar-refractivity contribution < 1.29 is 9.53 Å². The molecule has 3 nitrogen and oxygen atoms in total. The molecular weight excluding hydrogens is 177 g/mol. The Bertz CT molecular complexity index is 277. The summed E-state index contributed by atoms with van der Waals surface area (Å²) in [7, 11) is 2.00. The van der Waals surface area contributed by atoms with Gasteiger partial charge >= 0.3 is 6.09 Å². The highest BCUT2D eigenvalue weighted by atomic mass is 16.5. The highest BCUT2D eigenvalue weighted by molar-refractivity contribution is 6.08. The van der Waals surface area contributed by atoms with Gasteiger partial charge in [-0.05, 0) is 5.56 Å². The Hall–Kier alpha value is -1.45. The average Bonchev–Trinajstić information content (AvgIpc) is 2.25. The van der Waals surface area contributed by atoms with Gasteiger partial charge in [0.25, 0.3) is 0 Å². The highest BCUT2D eigenvalue weighted by Gasteiger charge is 1.99. The zero-order chi connectivity index (χ0) is 10.2. The molecule has 0 heterocycles. The molecule has 0 aliphatic rings. The number of carbonyl (C=O) groups is 1. The number of hydrogen-bond donors (Lipinski definition) is 1. The van der Waals surface area contributed by atoms with Crippen LogP contribution in [-0.2, 0) is 11.3 Å². The maximum Gasteiger partial charge on any atom is 0.407 e. The van der Waals surface area contributed by atoms with E-state index in [-0.39, 0.29) is 6.09 Å². The molecule has 1 aromatic rings. The summed E-state index contributed by atoms with van der Waals surface area (Å²) < 4.78 is 4.98. The van der Waals surface area contributed by atoms with Crippen molar-refractivity contribution in [2.24, 2.45) is 0 Å². The minimum absolute atomic E-state index is 0.330. The lowest BCUT2D eigenvalue weighted by Crippen LogP contribution is -2.24. The van der Waals surface area contributed by atoms with E-state index in [9.17, 15) is 4.79 Å². The van der Waals surface area contributed by atoms with Crippen LogP contribution in [0.15, 0.2) is 30.3 Å². The average molecular weight is 191 g/mol. The Balaban J connectivity index is 2.24. The first-order valence-electron chi connectivity index (χ1n) is 4.77. The van der Waals surface area contributed by atoms with Crippen molar-refractivity contribution in [1.29, 1.82) is 0 Å². The van der Waals surface area contributed by atoms with Crippen LogP contribution in [0.25, 0.3) is 0 Å². The monoisotopic (exact) mass is 191 g/mol. The van der Waals surface area contributed by atoms with E-state index in [0.717, 1.165) is 11.9 Å². The molecule has 0 spiro atoms. The van der Waals surface area contributed by atoms with E-state index in [2.05, 4.69) is 5.32 Å². The first kappa shape index (κ1) is 10.6. The smallest absolute Gasteiger partial charge is 0.407 e. The van der Waals surface area contributed by atoms with E-state index in [4.69, 9.17) is 4.74 Å². The van der Waals surface area contributed by atoms with Crippen LogP contribution < -0.4 is 5.32 Å². The van der Waals surface area contributed by atoms with Gasteiger partial charge in [-0.15, -0.1) is 0 Å². The van der Waals surface area contributed by atoms with E-state index in [1.165, 1.54) is 0 Å². The molecule has 0 aromatic heterocycles. The van der Waals surface area contributed by atoms with Crippen molar-refractivity contribution in [3.05, 3.63) is 35.9 Å². The summed E-state index contributed by atoms with van der Waals surface area (Å²) in [6.07, 6.45) is 0.566. The Morgan fingerprint density at radius 3 is 2.71 bits per heavy atom. The number of benzene rings is 1. The Morgan fingerprint density at radius 2 is 2.07 bits per heavy atom. The molecule has 0 aliphatic carbocycles. The summed E-state index contributed by atoms with van der Waals surface area (Å²) in [6, 6.07) is 9.62. The first-order chi connectivity index (χ1) is 6.83. The van der Waals surface area contributed by atoms with Crippen LogP contribution in [0.2, 0.25) is 6.32 Å². The summed E-state index contributed by atoms with van der Waals surface area (Å²) >= 11 is 0. The molecule has 0 aliphatic heterocycles. The van der Waals surface area contributed by atoms with Crippen molar-refractivity contribution in [1.82, 2.24) is 5.32 Å². The predicted molar refractivity (Wildman–Crippen MR) is 58.0 cm³/mol. The SMILES string of the molecule is BCCNC(=O)OCc1ccccc1. The van der Waals surface area contributed by atoms with Gasteiger partial charge in [-0.1, -0.05) is 36.7 Å². The second-order valence-electron chi connectivity index (χ2n) is 2.99. The third kappa shape index (κ3) is 3.98. The maximum atomic E-state index is 11.0. The lowest BCUT2D eigenvalue weighted by atomic mass is 10.1. The van der Waals surface area contributed by atoms with Crippen LogP contribution >= 0.6 is 0 Å². The van der Waals surface area contributed by atoms with Gasteiger partial charge < -0.3 is 10.1 Å². The number of amides is 1. The van der Waals surface area contributed by atoms with Crippen molar-refractivity contribution >= 4 is 13.9 Å². The molecule has 14 heavy (non-hydrogen) atoms. The molecule has 1 N–H and O–H groups in total. The summed E-state index contributed by atoms with van der Waals surface area (Å²) in [6.45, 7) is 0.990. The van der Waals surface area contributed by atoms with Gasteiger partial charge in [-0.2, -0.15) is 0 Å². The van der Waals surface area contributed by atoms with Gasteiger partial charge in [0.1, 0.15) is 14.5 Å². The van der Waals surface area contributed by atoms with Crippen LogP contribution in [0.1, 0.15) is 5.56 Å². The van der Waals surface area contributed by atoms with Crippen LogP contribution in [0.5, 0.6) is 0 Å². The Kier molecular flexibility index (Phi) is 4.62. The standard InChI is InChI=1S/C10H14BNO2/c11-6-7-12-10(13)14-8-9-4-2-1-3-5-9/h1-5H,6-8,11H2,(H,12,13). The summed E-state index contributed by atoms with van der Waals surface area (Å²) in [5, 5.41) is 2.64. The number of rotatable bonds is 4. The summed E-state index contributed by atoms with van der Waals surface area (Å²) in [5.74, 6) is 0. The minimum atomic E-state index is -0.351. The second kappa shape index (κ2) is 6.08. The molecule has 0 saturated carbocycles. The summed E-state index contributed by atoms with van der Waals surface area (Å²) in [4.78, 5) is 11.0. The fourth-order valence-electron chi connectivity index (χ4n) is 1.00. The molecule has 0 fully saturated rings. The molecule has 74 valence electrons. The molecule has 0 saturated heterocycles. The van der Waals surface area contributed by atoms with E-state index in [0.29, 0.717) is 13.2 Å². The minimum Gasteiger partial charge on any atom is -0.445 e. The number of nitrogens with one attached hydrogen (secondary N) is 1. The van der Waals surface area contributed by atoms with Crippen molar-refractivity contribution in [3.8, 4) is 0 Å². The first-order valence-corrected chi connectivity index (χ1v) is 4.77. The van der Waals surface area contributed by atoms with Crippen LogP contribution in [-0.4, -0.2) is 20.5 Å². The van der Waals surface area contributed by atoms with Crippen molar-refractivity contribution in [3.63, 3.8) is 0 Å². The largest absolute Gasteiger partial charge is 0.445 e. The van der Waals surface area contributed by atoms with Gasteiger partial charge in [0.05, 0.1) is 0 Å². The fourth-order valence-corrected chi connectivity index (χ4v) is 1.00. The van der Waals surface area contributed by atoms with Gasteiger partial charge in [0.15, 0.2) is 0 Å². The molecule has 0 atom stereocenters. The third-order valence-electron chi connectivity index (χ3n) is 1.73. The molecule has 0 bridgehead atoms. The Labute approximate surface area is 84.9 Å². The molecule has 0 radical (unpaired) electrons. The maximum absolute atomic E-state index is 11.0. The molecule has 1 amide bonds. The van der Waals surface area contributed by atoms with E-state index >= 15 is 0 Å². The normalized spacial score (nSPS) is 9.43. The molecule has 1 aromatic carbocycles. The van der Waals surface area contributed by atoms with E-state index in [1.807, 2.05) is 38.2 Å². The Morgan fingerprint density at radius 1 is 1.36 bits per heavy atom. The van der Waals surface area contributed by atoms with Gasteiger partial charge in [0, 0.05) is 6.54 Å². The molecule has 4 heteroatoms. The number of ether oxygens (including phenoxy) is 1. The van der Waals surface area contributed by atoms with Crippen LogP contribution in [0.4, 0.5) is 4.79 Å². The zero-order valence-corrected chi connectivity index (χ0v) is 8.32.